The highest BCUT2D eigenvalue weighted by atomic mass is 16.5. The van der Waals surface area contributed by atoms with Gasteiger partial charge in [0.15, 0.2) is 0 Å². The zero-order valence-electron chi connectivity index (χ0n) is 10.7. The third-order valence-corrected chi connectivity index (χ3v) is 2.59. The Bertz CT molecular complexity index is 425. The number of methoxy groups -OCH3 is 1. The lowest BCUT2D eigenvalue weighted by atomic mass is 10.1. The van der Waals surface area contributed by atoms with Crippen LogP contribution in [0, 0.1) is 0 Å². The minimum atomic E-state index is -0.963. The topological polar surface area (TPSA) is 66.8 Å². The SMILES string of the molecule is COC(=O)N(Cc1ccc(C(=O)O)cc1)C(C)C. The summed E-state index contributed by atoms with van der Waals surface area (Å²) in [5, 5.41) is 8.79. The first-order chi connectivity index (χ1) is 8.45. The van der Waals surface area contributed by atoms with Gasteiger partial charge in [0.2, 0.25) is 0 Å². The molecule has 5 nitrogen and oxygen atoms in total. The van der Waals surface area contributed by atoms with Gasteiger partial charge in [0.25, 0.3) is 0 Å². The van der Waals surface area contributed by atoms with Crippen LogP contribution in [-0.4, -0.2) is 35.2 Å². The van der Waals surface area contributed by atoms with Gasteiger partial charge in [-0.05, 0) is 31.5 Å². The number of benzene rings is 1. The summed E-state index contributed by atoms with van der Waals surface area (Å²) in [4.78, 5) is 23.8. The van der Waals surface area contributed by atoms with Gasteiger partial charge in [-0.25, -0.2) is 9.59 Å². The van der Waals surface area contributed by atoms with E-state index < -0.39 is 12.1 Å². The van der Waals surface area contributed by atoms with Crippen molar-refractivity contribution in [3.63, 3.8) is 0 Å². The van der Waals surface area contributed by atoms with Gasteiger partial charge in [-0.1, -0.05) is 12.1 Å². The van der Waals surface area contributed by atoms with Gasteiger partial charge in [-0.2, -0.15) is 0 Å². The Balaban J connectivity index is 2.81. The molecule has 0 aliphatic carbocycles. The second-order valence-electron chi connectivity index (χ2n) is 4.19. The normalized spacial score (nSPS) is 10.2. The molecule has 0 aliphatic heterocycles. The molecule has 1 aromatic carbocycles. The van der Waals surface area contributed by atoms with E-state index in [1.54, 1.807) is 17.0 Å². The molecule has 1 amide bonds. The van der Waals surface area contributed by atoms with Gasteiger partial charge in [0, 0.05) is 12.6 Å². The molecule has 1 N–H and O–H groups in total. The molecule has 0 fully saturated rings. The number of nitrogens with zero attached hydrogens (tertiary/aromatic N) is 1. The highest BCUT2D eigenvalue weighted by molar-refractivity contribution is 5.87. The summed E-state index contributed by atoms with van der Waals surface area (Å²) in [6.07, 6.45) is -0.396. The van der Waals surface area contributed by atoms with Crippen molar-refractivity contribution in [3.8, 4) is 0 Å². The second kappa shape index (κ2) is 6.05. The van der Waals surface area contributed by atoms with Crippen LogP contribution >= 0.6 is 0 Å². The van der Waals surface area contributed by atoms with Gasteiger partial charge in [-0.15, -0.1) is 0 Å². The minimum absolute atomic E-state index is 0.0107. The summed E-state index contributed by atoms with van der Waals surface area (Å²) in [7, 11) is 1.34. The van der Waals surface area contributed by atoms with Crippen molar-refractivity contribution < 1.29 is 19.4 Å². The molecule has 5 heteroatoms. The van der Waals surface area contributed by atoms with Crippen molar-refractivity contribution in [3.05, 3.63) is 35.4 Å². The molecule has 0 unspecified atom stereocenters. The molecule has 0 saturated carbocycles. The maximum atomic E-state index is 11.5. The van der Waals surface area contributed by atoms with E-state index >= 15 is 0 Å². The fourth-order valence-corrected chi connectivity index (χ4v) is 1.52. The Morgan fingerprint density at radius 3 is 2.22 bits per heavy atom. The van der Waals surface area contributed by atoms with Crippen molar-refractivity contribution in [2.75, 3.05) is 7.11 Å². The summed E-state index contributed by atoms with van der Waals surface area (Å²) in [6.45, 7) is 4.18. The average molecular weight is 251 g/mol. The van der Waals surface area contributed by atoms with Crippen LogP contribution in [0.25, 0.3) is 0 Å². The van der Waals surface area contributed by atoms with E-state index in [0.717, 1.165) is 5.56 Å². The van der Waals surface area contributed by atoms with E-state index in [9.17, 15) is 9.59 Å². The third-order valence-electron chi connectivity index (χ3n) is 2.59. The Morgan fingerprint density at radius 1 is 1.28 bits per heavy atom. The largest absolute Gasteiger partial charge is 0.478 e. The molecular formula is C13H17NO4. The molecule has 0 radical (unpaired) electrons. The Hall–Kier alpha value is -2.04. The fourth-order valence-electron chi connectivity index (χ4n) is 1.52. The number of carboxylic acid groups (broad SMARTS) is 1. The van der Waals surface area contributed by atoms with Crippen molar-refractivity contribution >= 4 is 12.1 Å². The number of amides is 1. The first kappa shape index (κ1) is 14.0. The number of ether oxygens (including phenoxy) is 1. The highest BCUT2D eigenvalue weighted by Gasteiger charge is 2.17. The highest BCUT2D eigenvalue weighted by Crippen LogP contribution is 2.11. The van der Waals surface area contributed by atoms with Crippen LogP contribution in [0.2, 0.25) is 0 Å². The number of hydrogen-bond acceptors (Lipinski definition) is 3. The van der Waals surface area contributed by atoms with E-state index in [2.05, 4.69) is 0 Å². The van der Waals surface area contributed by atoms with Crippen molar-refractivity contribution in [2.45, 2.75) is 26.4 Å². The Morgan fingerprint density at radius 2 is 1.83 bits per heavy atom. The Kier molecular flexibility index (Phi) is 4.71. The van der Waals surface area contributed by atoms with E-state index in [0.29, 0.717) is 6.54 Å². The van der Waals surface area contributed by atoms with Crippen molar-refractivity contribution in [1.29, 1.82) is 0 Å². The zero-order valence-corrected chi connectivity index (χ0v) is 10.7. The van der Waals surface area contributed by atoms with Gasteiger partial charge in [0.1, 0.15) is 0 Å². The fraction of sp³-hybridized carbons (Fsp3) is 0.385. The summed E-state index contributed by atoms with van der Waals surface area (Å²) in [5.41, 5.74) is 1.09. The molecule has 1 aromatic rings. The molecule has 1 rings (SSSR count). The average Bonchev–Trinajstić information content (AvgIpc) is 2.35. The summed E-state index contributed by atoms with van der Waals surface area (Å²) >= 11 is 0. The van der Waals surface area contributed by atoms with E-state index in [1.807, 2.05) is 13.8 Å². The summed E-state index contributed by atoms with van der Waals surface area (Å²) in [6, 6.07) is 6.45. The lowest BCUT2D eigenvalue weighted by molar-refractivity contribution is 0.0696. The third kappa shape index (κ3) is 3.48. The molecule has 0 spiro atoms. The minimum Gasteiger partial charge on any atom is -0.478 e. The molecule has 18 heavy (non-hydrogen) atoms. The van der Waals surface area contributed by atoms with Gasteiger partial charge in [0.05, 0.1) is 12.7 Å². The number of hydrogen-bond donors (Lipinski definition) is 1. The monoisotopic (exact) mass is 251 g/mol. The predicted molar refractivity (Wildman–Crippen MR) is 66.5 cm³/mol. The van der Waals surface area contributed by atoms with Crippen LogP contribution in [0.15, 0.2) is 24.3 Å². The number of carbonyl (C=O) groups is 2. The first-order valence-corrected chi connectivity index (χ1v) is 5.62. The van der Waals surface area contributed by atoms with Gasteiger partial charge in [-0.3, -0.25) is 0 Å². The quantitative estimate of drug-likeness (QED) is 0.892. The molecule has 0 aliphatic rings. The zero-order chi connectivity index (χ0) is 13.7. The van der Waals surface area contributed by atoms with E-state index in [1.165, 1.54) is 19.2 Å². The molecule has 0 heterocycles. The van der Waals surface area contributed by atoms with E-state index in [-0.39, 0.29) is 11.6 Å². The molecular weight excluding hydrogens is 234 g/mol. The standard InChI is InChI=1S/C13H17NO4/c1-9(2)14(13(17)18-3)8-10-4-6-11(7-5-10)12(15)16/h4-7,9H,8H2,1-3H3,(H,15,16). The molecule has 0 atom stereocenters. The maximum absolute atomic E-state index is 11.5. The van der Waals surface area contributed by atoms with Crippen molar-refractivity contribution in [2.24, 2.45) is 0 Å². The number of carbonyl (C=O) groups excluding carboxylic acids is 1. The number of rotatable bonds is 4. The van der Waals surface area contributed by atoms with Crippen LogP contribution in [0.5, 0.6) is 0 Å². The maximum Gasteiger partial charge on any atom is 0.410 e. The molecule has 0 aromatic heterocycles. The number of carboxylic acids is 1. The van der Waals surface area contributed by atoms with Crippen LogP contribution in [0.1, 0.15) is 29.8 Å². The lowest BCUT2D eigenvalue weighted by Gasteiger charge is -2.25. The second-order valence-corrected chi connectivity index (χ2v) is 4.19. The molecule has 0 bridgehead atoms. The predicted octanol–water partition coefficient (Wildman–Crippen LogP) is 2.36. The van der Waals surface area contributed by atoms with Gasteiger partial charge >= 0.3 is 12.1 Å². The van der Waals surface area contributed by atoms with Crippen LogP contribution in [0.3, 0.4) is 0 Å². The van der Waals surface area contributed by atoms with Crippen molar-refractivity contribution in [1.82, 2.24) is 4.90 Å². The van der Waals surface area contributed by atoms with Crippen LogP contribution < -0.4 is 0 Å². The number of aromatic carboxylic acids is 1. The van der Waals surface area contributed by atoms with E-state index in [4.69, 9.17) is 9.84 Å². The van der Waals surface area contributed by atoms with Crippen LogP contribution in [-0.2, 0) is 11.3 Å². The molecule has 98 valence electrons. The van der Waals surface area contributed by atoms with Gasteiger partial charge < -0.3 is 14.7 Å². The smallest absolute Gasteiger partial charge is 0.410 e. The first-order valence-electron chi connectivity index (χ1n) is 5.62. The summed E-state index contributed by atoms with van der Waals surface area (Å²) < 4.78 is 4.70. The Labute approximate surface area is 106 Å². The summed E-state index contributed by atoms with van der Waals surface area (Å²) in [5.74, 6) is -0.963. The lowest BCUT2D eigenvalue weighted by Crippen LogP contribution is -2.36. The molecule has 0 saturated heterocycles. The van der Waals surface area contributed by atoms with Crippen LogP contribution in [0.4, 0.5) is 4.79 Å².